The maximum absolute atomic E-state index is 11.7. The lowest BCUT2D eigenvalue weighted by atomic mass is 10.00. The number of rotatable bonds is 4. The van der Waals surface area contributed by atoms with Crippen LogP contribution in [0.3, 0.4) is 0 Å². The van der Waals surface area contributed by atoms with E-state index in [1.54, 1.807) is 12.1 Å². The molecule has 0 heterocycles. The van der Waals surface area contributed by atoms with Crippen LogP contribution in [0.15, 0.2) is 22.7 Å². The average molecular weight is 306 g/mol. The number of ketones is 1. The summed E-state index contributed by atoms with van der Waals surface area (Å²) in [5, 5.41) is 9.13. The molecule has 0 saturated carbocycles. The second kappa shape index (κ2) is 5.46. The fourth-order valence-corrected chi connectivity index (χ4v) is 1.58. The Morgan fingerprint density at radius 2 is 2.12 bits per heavy atom. The molecule has 1 rings (SSSR count). The topological polar surface area (TPSA) is 54.4 Å². The molecule has 1 N–H and O–H groups in total. The van der Waals surface area contributed by atoms with Crippen LogP contribution in [-0.2, 0) is 4.79 Å². The first-order valence-corrected chi connectivity index (χ1v) is 5.80. The fourth-order valence-electron chi connectivity index (χ4n) is 1.15. The van der Waals surface area contributed by atoms with Gasteiger partial charge in [0.05, 0.1) is 10.9 Å². The Labute approximate surface area is 107 Å². The van der Waals surface area contributed by atoms with Crippen LogP contribution in [0.2, 0.25) is 5.02 Å². The van der Waals surface area contributed by atoms with Crippen LogP contribution in [0, 0.1) is 5.92 Å². The summed E-state index contributed by atoms with van der Waals surface area (Å²) in [5.74, 6) is -1.88. The minimum atomic E-state index is -0.975. The lowest BCUT2D eigenvalue weighted by molar-refractivity contribution is -0.141. The van der Waals surface area contributed by atoms with Gasteiger partial charge in [0.2, 0.25) is 0 Å². The molecule has 0 aliphatic rings. The number of benzene rings is 1. The number of hydrogen-bond donors (Lipinski definition) is 1. The Morgan fingerprint density at radius 3 is 2.62 bits per heavy atom. The SMILES string of the molecule is CC(CC(=O)c1ccc(Br)c(Cl)c1)C(=O)O. The number of carbonyl (C=O) groups excluding carboxylic acids is 1. The quantitative estimate of drug-likeness (QED) is 0.867. The van der Waals surface area contributed by atoms with E-state index in [2.05, 4.69) is 15.9 Å². The maximum atomic E-state index is 11.7. The maximum Gasteiger partial charge on any atom is 0.306 e. The number of carbonyl (C=O) groups is 2. The van der Waals surface area contributed by atoms with Crippen molar-refractivity contribution in [3.63, 3.8) is 0 Å². The van der Waals surface area contributed by atoms with Gasteiger partial charge in [0.15, 0.2) is 5.78 Å². The van der Waals surface area contributed by atoms with Crippen molar-refractivity contribution in [2.75, 3.05) is 0 Å². The van der Waals surface area contributed by atoms with E-state index in [9.17, 15) is 9.59 Å². The number of halogens is 2. The summed E-state index contributed by atoms with van der Waals surface area (Å²) in [4.78, 5) is 22.3. The number of hydrogen-bond acceptors (Lipinski definition) is 2. The predicted octanol–water partition coefficient (Wildman–Crippen LogP) is 3.40. The molecule has 1 atom stereocenters. The van der Waals surface area contributed by atoms with Crippen molar-refractivity contribution in [3.8, 4) is 0 Å². The van der Waals surface area contributed by atoms with Crippen molar-refractivity contribution in [1.29, 1.82) is 0 Å². The molecule has 0 aliphatic carbocycles. The van der Waals surface area contributed by atoms with Crippen molar-refractivity contribution >= 4 is 39.3 Å². The summed E-state index contributed by atoms with van der Waals surface area (Å²) in [6, 6.07) is 4.82. The zero-order chi connectivity index (χ0) is 12.3. The molecule has 16 heavy (non-hydrogen) atoms. The second-order valence-electron chi connectivity index (χ2n) is 3.50. The third-order valence-corrected chi connectivity index (χ3v) is 3.39. The standard InChI is InChI=1S/C11H10BrClO3/c1-6(11(15)16)4-10(14)7-2-3-8(12)9(13)5-7/h2-3,5-6H,4H2,1H3,(H,15,16). The van der Waals surface area contributed by atoms with Crippen LogP contribution < -0.4 is 0 Å². The molecule has 0 radical (unpaired) electrons. The molecule has 0 fully saturated rings. The second-order valence-corrected chi connectivity index (χ2v) is 4.76. The van der Waals surface area contributed by atoms with Crippen LogP contribution in [0.5, 0.6) is 0 Å². The van der Waals surface area contributed by atoms with Gasteiger partial charge in [0.25, 0.3) is 0 Å². The van der Waals surface area contributed by atoms with Crippen molar-refractivity contribution in [2.24, 2.45) is 5.92 Å². The fraction of sp³-hybridized carbons (Fsp3) is 0.273. The smallest absolute Gasteiger partial charge is 0.306 e. The molecule has 86 valence electrons. The Bertz CT molecular complexity index is 431. The van der Waals surface area contributed by atoms with Gasteiger partial charge in [0, 0.05) is 16.5 Å². The van der Waals surface area contributed by atoms with Crippen molar-refractivity contribution in [2.45, 2.75) is 13.3 Å². The number of carboxylic acid groups (broad SMARTS) is 1. The summed E-state index contributed by atoms with van der Waals surface area (Å²) in [5.41, 5.74) is 0.432. The van der Waals surface area contributed by atoms with Crippen LogP contribution in [-0.4, -0.2) is 16.9 Å². The zero-order valence-corrected chi connectivity index (χ0v) is 10.9. The van der Waals surface area contributed by atoms with Gasteiger partial charge in [-0.3, -0.25) is 9.59 Å². The molecule has 0 spiro atoms. The van der Waals surface area contributed by atoms with E-state index in [0.29, 0.717) is 15.1 Å². The molecule has 0 saturated heterocycles. The van der Waals surface area contributed by atoms with Gasteiger partial charge in [-0.15, -0.1) is 0 Å². The molecule has 0 aromatic heterocycles. The highest BCUT2D eigenvalue weighted by molar-refractivity contribution is 9.10. The summed E-state index contributed by atoms with van der Waals surface area (Å²) in [7, 11) is 0. The molecule has 5 heteroatoms. The summed E-state index contributed by atoms with van der Waals surface area (Å²) < 4.78 is 0.706. The van der Waals surface area contributed by atoms with Crippen molar-refractivity contribution in [3.05, 3.63) is 33.3 Å². The Balaban J connectivity index is 2.81. The van der Waals surface area contributed by atoms with E-state index in [1.165, 1.54) is 13.0 Å². The molecular formula is C11H10BrClO3. The molecule has 1 unspecified atom stereocenters. The van der Waals surface area contributed by atoms with E-state index in [4.69, 9.17) is 16.7 Å². The number of aliphatic carboxylic acids is 1. The Morgan fingerprint density at radius 1 is 1.50 bits per heavy atom. The van der Waals surface area contributed by atoms with Crippen LogP contribution in [0.4, 0.5) is 0 Å². The summed E-state index contributed by atoms with van der Waals surface area (Å²) in [6.45, 7) is 1.50. The van der Waals surface area contributed by atoms with E-state index in [-0.39, 0.29) is 12.2 Å². The molecule has 1 aromatic carbocycles. The first kappa shape index (κ1) is 13.2. The highest BCUT2D eigenvalue weighted by atomic mass is 79.9. The van der Waals surface area contributed by atoms with Crippen LogP contribution in [0.1, 0.15) is 23.7 Å². The van der Waals surface area contributed by atoms with Gasteiger partial charge in [-0.05, 0) is 28.1 Å². The lowest BCUT2D eigenvalue weighted by Gasteiger charge is -2.06. The third-order valence-electron chi connectivity index (χ3n) is 2.15. The van der Waals surface area contributed by atoms with Gasteiger partial charge in [-0.25, -0.2) is 0 Å². The zero-order valence-electron chi connectivity index (χ0n) is 8.54. The van der Waals surface area contributed by atoms with E-state index in [1.807, 2.05) is 0 Å². The largest absolute Gasteiger partial charge is 0.481 e. The third kappa shape index (κ3) is 3.32. The van der Waals surface area contributed by atoms with Crippen molar-refractivity contribution in [1.82, 2.24) is 0 Å². The van der Waals surface area contributed by atoms with Gasteiger partial charge in [-0.2, -0.15) is 0 Å². The highest BCUT2D eigenvalue weighted by Crippen LogP contribution is 2.24. The molecule has 0 bridgehead atoms. The van der Waals surface area contributed by atoms with E-state index in [0.717, 1.165) is 0 Å². The van der Waals surface area contributed by atoms with Gasteiger partial charge >= 0.3 is 5.97 Å². The first-order valence-electron chi connectivity index (χ1n) is 4.63. The molecule has 0 aliphatic heterocycles. The summed E-state index contributed by atoms with van der Waals surface area (Å²) in [6.07, 6.45) is -0.0205. The van der Waals surface area contributed by atoms with Crippen LogP contribution in [0.25, 0.3) is 0 Å². The monoisotopic (exact) mass is 304 g/mol. The van der Waals surface area contributed by atoms with Crippen LogP contribution >= 0.6 is 27.5 Å². The average Bonchev–Trinajstić information content (AvgIpc) is 2.21. The van der Waals surface area contributed by atoms with Gasteiger partial charge < -0.3 is 5.11 Å². The number of Topliss-reactive ketones (excluding diaryl/α,β-unsaturated/α-hetero) is 1. The Hall–Kier alpha value is -0.870. The summed E-state index contributed by atoms with van der Waals surface area (Å²) >= 11 is 9.06. The first-order chi connectivity index (χ1) is 7.41. The normalized spacial score (nSPS) is 12.2. The van der Waals surface area contributed by atoms with Gasteiger partial charge in [0.1, 0.15) is 0 Å². The highest BCUT2D eigenvalue weighted by Gasteiger charge is 2.17. The minimum Gasteiger partial charge on any atom is -0.481 e. The molecule has 0 amide bonds. The molecule has 1 aromatic rings. The predicted molar refractivity (Wildman–Crippen MR) is 64.9 cm³/mol. The Kier molecular flexibility index (Phi) is 4.50. The minimum absolute atomic E-state index is 0.0205. The van der Waals surface area contributed by atoms with E-state index < -0.39 is 11.9 Å². The van der Waals surface area contributed by atoms with Crippen molar-refractivity contribution < 1.29 is 14.7 Å². The lowest BCUT2D eigenvalue weighted by Crippen LogP contribution is -2.14. The van der Waals surface area contributed by atoms with Gasteiger partial charge in [-0.1, -0.05) is 24.6 Å². The molecule has 3 nitrogen and oxygen atoms in total. The molecular weight excluding hydrogens is 295 g/mol. The number of carboxylic acids is 1. The van der Waals surface area contributed by atoms with E-state index >= 15 is 0 Å².